The first-order valence-electron chi connectivity index (χ1n) is 6.17. The number of rotatable bonds is 5. The number of aliphatic hydroxyl groups is 4. The molecule has 1 heterocycles. The molecule has 1 rings (SSSR count). The predicted octanol–water partition coefficient (Wildman–Crippen LogP) is 3.40. The van der Waals surface area contributed by atoms with Gasteiger partial charge in [0.05, 0.1) is 5.70 Å². The Bertz CT molecular complexity index is 396. The van der Waals surface area contributed by atoms with Crippen LogP contribution < -0.4 is 0 Å². The van der Waals surface area contributed by atoms with Crippen molar-refractivity contribution in [2.45, 2.75) is 39.0 Å². The van der Waals surface area contributed by atoms with Gasteiger partial charge < -0.3 is 25.3 Å². The van der Waals surface area contributed by atoms with E-state index in [0.717, 1.165) is 25.7 Å². The van der Waals surface area contributed by atoms with Crippen LogP contribution in [0, 0.1) is 0 Å². The van der Waals surface area contributed by atoms with E-state index >= 15 is 0 Å². The Morgan fingerprint density at radius 3 is 2.22 bits per heavy atom. The molecule has 4 N–H and O–H groups in total. The molecule has 0 saturated heterocycles. The summed E-state index contributed by atoms with van der Waals surface area (Å²) in [5, 5.41) is 38.3. The largest absolute Gasteiger partial charge is 0.503 e. The second-order valence-electron chi connectivity index (χ2n) is 4.43. The molecule has 5 heteroatoms. The smallest absolute Gasteiger partial charge is 0.206 e. The first kappa shape index (κ1) is 14.3. The number of aliphatic hydroxyl groups excluding tert-OH is 4. The third-order valence-electron chi connectivity index (χ3n) is 2.97. The molecule has 0 aromatic carbocycles. The third kappa shape index (κ3) is 3.12. The molecule has 0 saturated carbocycles. The predicted molar refractivity (Wildman–Crippen MR) is 69.2 cm³/mol. The topological polar surface area (TPSA) is 84.2 Å². The van der Waals surface area contributed by atoms with Gasteiger partial charge in [-0.1, -0.05) is 26.2 Å². The van der Waals surface area contributed by atoms with Crippen molar-refractivity contribution in [2.24, 2.45) is 0 Å². The molecule has 0 radical (unpaired) electrons. The van der Waals surface area contributed by atoms with Gasteiger partial charge in [0.1, 0.15) is 0 Å². The number of hydrogen-bond donors (Lipinski definition) is 4. The maximum Gasteiger partial charge on any atom is 0.206 e. The molecule has 18 heavy (non-hydrogen) atoms. The highest BCUT2D eigenvalue weighted by molar-refractivity contribution is 5.36. The van der Waals surface area contributed by atoms with Crippen molar-refractivity contribution in [3.8, 4) is 0 Å². The van der Waals surface area contributed by atoms with Crippen LogP contribution in [0.1, 0.15) is 39.0 Å². The number of nitrogens with zero attached hydrogens (tertiary/aromatic N) is 1. The van der Waals surface area contributed by atoms with Gasteiger partial charge in [-0.25, -0.2) is 0 Å². The number of allylic oxidation sites excluding steroid dienone is 1. The van der Waals surface area contributed by atoms with Crippen molar-refractivity contribution >= 4 is 0 Å². The van der Waals surface area contributed by atoms with E-state index in [4.69, 9.17) is 0 Å². The average Bonchev–Trinajstić information content (AvgIpc) is 2.40. The minimum absolute atomic E-state index is 0.383. The molecule has 0 spiro atoms. The SMILES string of the molecule is CCCCCCC1=C(O)C(O)=C(O)C(O)=CN1C. The Morgan fingerprint density at radius 2 is 1.61 bits per heavy atom. The monoisotopic (exact) mass is 255 g/mol. The first-order chi connectivity index (χ1) is 8.49. The van der Waals surface area contributed by atoms with E-state index in [9.17, 15) is 20.4 Å². The fraction of sp³-hybridized carbons (Fsp3) is 0.538. The lowest BCUT2D eigenvalue weighted by atomic mass is 10.1. The van der Waals surface area contributed by atoms with E-state index in [1.807, 2.05) is 0 Å². The molecule has 0 fully saturated rings. The summed E-state index contributed by atoms with van der Waals surface area (Å²) < 4.78 is 0. The van der Waals surface area contributed by atoms with Crippen molar-refractivity contribution in [2.75, 3.05) is 7.05 Å². The average molecular weight is 255 g/mol. The van der Waals surface area contributed by atoms with Crippen molar-refractivity contribution < 1.29 is 20.4 Å². The quantitative estimate of drug-likeness (QED) is 0.566. The van der Waals surface area contributed by atoms with Crippen LogP contribution in [0.4, 0.5) is 0 Å². The Morgan fingerprint density at radius 1 is 0.944 bits per heavy atom. The Balaban J connectivity index is 2.87. The number of unbranched alkanes of at least 4 members (excludes halogenated alkanes) is 3. The molecule has 1 aliphatic heterocycles. The molecule has 0 atom stereocenters. The molecule has 0 aromatic heterocycles. The summed E-state index contributed by atoms with van der Waals surface area (Å²) in [5.41, 5.74) is 0.485. The lowest BCUT2D eigenvalue weighted by Crippen LogP contribution is -2.13. The maximum absolute atomic E-state index is 9.86. The normalized spacial score (nSPS) is 17.0. The summed E-state index contributed by atoms with van der Waals surface area (Å²) >= 11 is 0. The number of hydrogen-bond acceptors (Lipinski definition) is 5. The van der Waals surface area contributed by atoms with Gasteiger partial charge in [0, 0.05) is 13.2 Å². The summed E-state index contributed by atoms with van der Waals surface area (Å²) in [6, 6.07) is 0. The zero-order chi connectivity index (χ0) is 13.7. The third-order valence-corrected chi connectivity index (χ3v) is 2.97. The molecule has 0 bridgehead atoms. The van der Waals surface area contributed by atoms with E-state index in [1.54, 1.807) is 7.05 Å². The van der Waals surface area contributed by atoms with Crippen LogP contribution >= 0.6 is 0 Å². The highest BCUT2D eigenvalue weighted by Crippen LogP contribution is 2.26. The van der Waals surface area contributed by atoms with Crippen LogP contribution in [0.2, 0.25) is 0 Å². The van der Waals surface area contributed by atoms with Crippen LogP contribution in [0.5, 0.6) is 0 Å². The minimum atomic E-state index is -0.706. The molecular formula is C13H21NO4. The minimum Gasteiger partial charge on any atom is -0.503 e. The van der Waals surface area contributed by atoms with Crippen LogP contribution in [0.15, 0.2) is 34.9 Å². The van der Waals surface area contributed by atoms with E-state index in [2.05, 4.69) is 6.92 Å². The van der Waals surface area contributed by atoms with Crippen molar-refractivity contribution in [1.82, 2.24) is 4.90 Å². The van der Waals surface area contributed by atoms with E-state index in [0.29, 0.717) is 12.1 Å². The van der Waals surface area contributed by atoms with Crippen molar-refractivity contribution in [3.05, 3.63) is 34.9 Å². The lowest BCUT2D eigenvalue weighted by molar-refractivity contribution is 0.261. The molecule has 1 aliphatic rings. The molecule has 0 aliphatic carbocycles. The highest BCUT2D eigenvalue weighted by atomic mass is 16.4. The summed E-state index contributed by atoms with van der Waals surface area (Å²) in [5.74, 6) is -2.24. The summed E-state index contributed by atoms with van der Waals surface area (Å²) in [7, 11) is 1.65. The van der Waals surface area contributed by atoms with Gasteiger partial charge in [-0.15, -0.1) is 0 Å². The molecule has 102 valence electrons. The maximum atomic E-state index is 9.86. The molecular weight excluding hydrogens is 234 g/mol. The second-order valence-corrected chi connectivity index (χ2v) is 4.43. The zero-order valence-corrected chi connectivity index (χ0v) is 10.8. The van der Waals surface area contributed by atoms with Crippen molar-refractivity contribution in [3.63, 3.8) is 0 Å². The van der Waals surface area contributed by atoms with Gasteiger partial charge in [0.2, 0.25) is 11.5 Å². The van der Waals surface area contributed by atoms with Crippen LogP contribution in [-0.2, 0) is 0 Å². The molecule has 0 amide bonds. The van der Waals surface area contributed by atoms with Gasteiger partial charge in [0.15, 0.2) is 11.5 Å². The summed E-state index contributed by atoms with van der Waals surface area (Å²) in [6.45, 7) is 2.11. The standard InChI is InChI=1S/C13H21NO4/c1-3-4-5-6-7-9-11(16)13(18)12(17)10(15)8-14(9)2/h8,15-18H,3-7H2,1-2H3. The van der Waals surface area contributed by atoms with Crippen LogP contribution in [0.3, 0.4) is 0 Å². The highest BCUT2D eigenvalue weighted by Gasteiger charge is 2.23. The van der Waals surface area contributed by atoms with Gasteiger partial charge in [-0.2, -0.15) is 0 Å². The fourth-order valence-corrected chi connectivity index (χ4v) is 1.87. The Hall–Kier alpha value is -1.78. The Labute approximate surface area is 107 Å². The van der Waals surface area contributed by atoms with E-state index in [-0.39, 0.29) is 5.76 Å². The Kier molecular flexibility index (Phi) is 4.95. The fourth-order valence-electron chi connectivity index (χ4n) is 1.87. The van der Waals surface area contributed by atoms with Gasteiger partial charge in [-0.3, -0.25) is 0 Å². The molecule has 0 aromatic rings. The second kappa shape index (κ2) is 6.23. The van der Waals surface area contributed by atoms with Gasteiger partial charge in [-0.05, 0) is 12.8 Å². The lowest BCUT2D eigenvalue weighted by Gasteiger charge is -2.18. The van der Waals surface area contributed by atoms with Gasteiger partial charge >= 0.3 is 0 Å². The molecule has 0 unspecified atom stereocenters. The van der Waals surface area contributed by atoms with E-state index in [1.165, 1.54) is 11.1 Å². The zero-order valence-electron chi connectivity index (χ0n) is 10.8. The summed E-state index contributed by atoms with van der Waals surface area (Å²) in [6.07, 6.45) is 5.99. The van der Waals surface area contributed by atoms with Gasteiger partial charge in [0.25, 0.3) is 0 Å². The van der Waals surface area contributed by atoms with Crippen LogP contribution in [-0.4, -0.2) is 32.4 Å². The van der Waals surface area contributed by atoms with E-state index < -0.39 is 17.3 Å². The first-order valence-corrected chi connectivity index (χ1v) is 6.17. The summed E-state index contributed by atoms with van der Waals surface area (Å²) in [4.78, 5) is 1.51. The molecule has 5 nitrogen and oxygen atoms in total. The van der Waals surface area contributed by atoms with Crippen LogP contribution in [0.25, 0.3) is 0 Å². The van der Waals surface area contributed by atoms with Crippen molar-refractivity contribution in [1.29, 1.82) is 0 Å².